The molecular formula is C57H60ClN5O13S. The molecular weight excluding hydrogens is 1030 g/mol. The fourth-order valence-corrected chi connectivity index (χ4v) is 9.06. The number of nitriles is 1. The Bertz CT molecular complexity index is 3100. The molecule has 2 aliphatic rings. The number of unbranched alkanes of at least 4 members (excludes halogenated alkanes) is 9. The first-order valence-corrected chi connectivity index (χ1v) is 27.4. The number of rotatable bonds is 25. The number of nitrogens with one attached hydrogen (secondary N) is 2. The summed E-state index contributed by atoms with van der Waals surface area (Å²) in [5, 5.41) is 21.7. The van der Waals surface area contributed by atoms with Crippen molar-refractivity contribution >= 4 is 80.2 Å². The second-order valence-corrected chi connectivity index (χ2v) is 20.1. The average molecular weight is 1090 g/mol. The minimum atomic E-state index is -3.40. The SMILES string of the molecule is CCCCCCCCCCCCOC(=O)c1ccc(Cl)c(NC(=O)C(C(=O)c2ccc(O)cc2)N2C(=O)C(OCC)N(Cc3ccccc3)C2=O)c1.CS(=O)(=O)Nc1ccc(C2=C(C#N)C(=O)OC2=Cc2ccco2)cc1. The fourth-order valence-electron chi connectivity index (χ4n) is 8.34. The quantitative estimate of drug-likeness (QED) is 0.0162. The van der Waals surface area contributed by atoms with E-state index in [2.05, 4.69) is 17.0 Å². The predicted molar refractivity (Wildman–Crippen MR) is 288 cm³/mol. The summed E-state index contributed by atoms with van der Waals surface area (Å²) in [6.45, 7) is 4.15. The summed E-state index contributed by atoms with van der Waals surface area (Å²) in [5.74, 6) is -3.65. The monoisotopic (exact) mass is 1090 g/mol. The number of halogens is 1. The van der Waals surface area contributed by atoms with Crippen LogP contribution in [0.3, 0.4) is 0 Å². The van der Waals surface area contributed by atoms with Crippen LogP contribution in [0.25, 0.3) is 11.6 Å². The van der Waals surface area contributed by atoms with Gasteiger partial charge in [0.05, 0.1) is 41.9 Å². The first kappa shape index (κ1) is 58.2. The zero-order chi connectivity index (χ0) is 55.5. The standard InChI is InChI=1S/C40H48ClN3O8.C17H12N2O5S/c1-3-5-6-7-8-9-10-11-12-16-25-52-39(49)30-21-24-32(41)33(26-30)42-36(47)34(35(46)29-19-22-31(45)23-20-29)44-37(48)38(51-4-2)43(40(44)50)27-28-17-14-13-15-18-28;1-25(21,22)19-12-6-4-11(5-7-12)16-14(10-18)17(20)24-15(16)9-13-3-2-8-23-13/h13-15,17-24,26,34,38,45H,3-12,16,25,27H2,1-2H3,(H,42,47);2-9,19H,1H3. The normalized spacial score (nSPS) is 15.2. The van der Waals surface area contributed by atoms with Crippen molar-refractivity contribution in [2.75, 3.05) is 29.5 Å². The third-order valence-electron chi connectivity index (χ3n) is 12.1. The molecule has 0 radical (unpaired) electrons. The molecule has 3 heterocycles. The molecule has 3 N–H and O–H groups in total. The lowest BCUT2D eigenvalue weighted by Crippen LogP contribution is -2.52. The van der Waals surface area contributed by atoms with E-state index in [1.807, 2.05) is 12.1 Å². The van der Waals surface area contributed by atoms with Crippen LogP contribution in [0, 0.1) is 11.3 Å². The zero-order valence-corrected chi connectivity index (χ0v) is 44.4. The van der Waals surface area contributed by atoms with Crippen LogP contribution < -0.4 is 10.0 Å². The maximum absolute atomic E-state index is 14.1. The highest BCUT2D eigenvalue weighted by Crippen LogP contribution is 2.36. The lowest BCUT2D eigenvalue weighted by molar-refractivity contribution is -0.144. The molecule has 0 saturated carbocycles. The number of hydrogen-bond donors (Lipinski definition) is 3. The molecule has 7 rings (SSSR count). The number of esters is 2. The maximum Gasteiger partial charge on any atom is 0.355 e. The van der Waals surface area contributed by atoms with Gasteiger partial charge in [-0.25, -0.2) is 27.7 Å². The van der Waals surface area contributed by atoms with Crippen molar-refractivity contribution in [1.82, 2.24) is 9.80 Å². The summed E-state index contributed by atoms with van der Waals surface area (Å²) in [6.07, 6.45) is 14.1. The maximum atomic E-state index is 14.1. The van der Waals surface area contributed by atoms with Crippen LogP contribution in [0.5, 0.6) is 5.75 Å². The number of ether oxygens (including phenoxy) is 3. The van der Waals surface area contributed by atoms with Gasteiger partial charge in [-0.15, -0.1) is 0 Å². The number of furan rings is 1. The second-order valence-electron chi connectivity index (χ2n) is 18.0. The number of phenolic OH excluding ortho intramolecular Hbond substituents is 1. The minimum Gasteiger partial charge on any atom is -0.508 e. The largest absolute Gasteiger partial charge is 0.508 e. The molecule has 1 fully saturated rings. The Morgan fingerprint density at radius 3 is 2.10 bits per heavy atom. The third-order valence-corrected chi connectivity index (χ3v) is 13.0. The smallest absolute Gasteiger partial charge is 0.355 e. The van der Waals surface area contributed by atoms with Crippen molar-refractivity contribution in [3.63, 3.8) is 0 Å². The van der Waals surface area contributed by atoms with Crippen molar-refractivity contribution in [2.45, 2.75) is 96.9 Å². The molecule has 2 unspecified atom stereocenters. The van der Waals surface area contributed by atoms with Gasteiger partial charge < -0.3 is 29.1 Å². The molecule has 77 heavy (non-hydrogen) atoms. The van der Waals surface area contributed by atoms with Gasteiger partial charge >= 0.3 is 18.0 Å². The number of amides is 4. The van der Waals surface area contributed by atoms with Gasteiger partial charge in [-0.05, 0) is 91.2 Å². The van der Waals surface area contributed by atoms with Crippen molar-refractivity contribution < 1.29 is 60.9 Å². The molecule has 1 saturated heterocycles. The number of hydrogen-bond acceptors (Lipinski definition) is 14. The number of anilines is 2. The summed E-state index contributed by atoms with van der Waals surface area (Å²) >= 11 is 6.43. The Morgan fingerprint density at radius 2 is 1.49 bits per heavy atom. The molecule has 18 nitrogen and oxygen atoms in total. The second kappa shape index (κ2) is 28.2. The molecule has 5 aromatic rings. The Morgan fingerprint density at radius 1 is 0.844 bits per heavy atom. The number of phenols is 1. The van der Waals surface area contributed by atoms with Gasteiger partial charge in [-0.3, -0.25) is 24.0 Å². The lowest BCUT2D eigenvalue weighted by Gasteiger charge is -2.25. The first-order valence-electron chi connectivity index (χ1n) is 25.1. The molecule has 0 spiro atoms. The van der Waals surface area contributed by atoms with Crippen LogP contribution in [0.15, 0.2) is 131 Å². The van der Waals surface area contributed by atoms with E-state index in [0.29, 0.717) is 33.0 Å². The van der Waals surface area contributed by atoms with Crippen LogP contribution in [-0.2, 0) is 45.2 Å². The van der Waals surface area contributed by atoms with E-state index in [1.165, 1.54) is 105 Å². The lowest BCUT2D eigenvalue weighted by atomic mass is 9.99. The number of cyclic esters (lactones) is 1. The van der Waals surface area contributed by atoms with Gasteiger partial charge in [-0.1, -0.05) is 119 Å². The third kappa shape index (κ3) is 16.2. The van der Waals surface area contributed by atoms with Crippen molar-refractivity contribution in [1.29, 1.82) is 5.26 Å². The van der Waals surface area contributed by atoms with Gasteiger partial charge in [-0.2, -0.15) is 5.26 Å². The highest BCUT2D eigenvalue weighted by Gasteiger charge is 2.53. The van der Waals surface area contributed by atoms with Crippen molar-refractivity contribution in [2.24, 2.45) is 0 Å². The molecule has 20 heteroatoms. The number of urea groups is 1. The number of Topliss-reactive ketones (excluding diaryl/α,β-unsaturated/α-hetero) is 1. The molecule has 0 aliphatic carbocycles. The van der Waals surface area contributed by atoms with Gasteiger partial charge in [0.1, 0.15) is 28.9 Å². The van der Waals surface area contributed by atoms with Gasteiger partial charge in [0, 0.05) is 29.5 Å². The molecule has 1 aromatic heterocycles. The molecule has 0 bridgehead atoms. The number of aromatic hydroxyl groups is 1. The van der Waals surface area contributed by atoms with Gasteiger partial charge in [0.2, 0.25) is 16.3 Å². The Kier molecular flexibility index (Phi) is 21.3. The van der Waals surface area contributed by atoms with Crippen LogP contribution in [0.4, 0.5) is 16.2 Å². The first-order chi connectivity index (χ1) is 37.0. The van der Waals surface area contributed by atoms with E-state index in [4.69, 9.17) is 30.2 Å². The number of allylic oxidation sites excluding steroid dienone is 1. The number of carbonyl (C=O) groups excluding carboxylic acids is 6. The Labute approximate surface area is 452 Å². The fraction of sp³-hybridized carbons (Fsp3) is 0.316. The summed E-state index contributed by atoms with van der Waals surface area (Å²) in [6, 6.07) is 26.7. The number of sulfonamides is 1. The highest BCUT2D eigenvalue weighted by atomic mass is 35.5. The average Bonchev–Trinajstić information content (AvgIpc) is 4.10. The van der Waals surface area contributed by atoms with Crippen LogP contribution in [-0.4, -0.2) is 90.6 Å². The van der Waals surface area contributed by atoms with Gasteiger partial charge in [0.15, 0.2) is 11.8 Å². The van der Waals surface area contributed by atoms with Crippen LogP contribution in [0.1, 0.15) is 116 Å². The van der Waals surface area contributed by atoms with E-state index >= 15 is 0 Å². The predicted octanol–water partition coefficient (Wildman–Crippen LogP) is 10.7. The van der Waals surface area contributed by atoms with E-state index in [9.17, 15) is 47.6 Å². The summed E-state index contributed by atoms with van der Waals surface area (Å²) in [7, 11) is -3.40. The number of benzene rings is 4. The topological polar surface area (TPSA) is 252 Å². The van der Waals surface area contributed by atoms with Crippen LogP contribution in [0.2, 0.25) is 5.02 Å². The van der Waals surface area contributed by atoms with E-state index in [1.54, 1.807) is 55.5 Å². The molecule has 2 atom stereocenters. The minimum absolute atomic E-state index is 0.0230. The Hall–Kier alpha value is -8.05. The van der Waals surface area contributed by atoms with E-state index in [-0.39, 0.29) is 58.7 Å². The number of carbonyl (C=O) groups is 6. The highest BCUT2D eigenvalue weighted by molar-refractivity contribution is 7.92. The zero-order valence-electron chi connectivity index (χ0n) is 42.9. The number of ketones is 1. The van der Waals surface area contributed by atoms with E-state index in [0.717, 1.165) is 36.8 Å². The van der Waals surface area contributed by atoms with Crippen LogP contribution >= 0.6 is 11.6 Å². The molecule has 2 aliphatic heterocycles. The molecule has 4 aromatic carbocycles. The summed E-state index contributed by atoms with van der Waals surface area (Å²) in [5.41, 5.74) is 1.87. The molecule has 404 valence electrons. The van der Waals surface area contributed by atoms with Crippen molar-refractivity contribution in [3.8, 4) is 11.8 Å². The summed E-state index contributed by atoms with van der Waals surface area (Å²) < 4.78 is 46.4. The number of imide groups is 1. The van der Waals surface area contributed by atoms with E-state index < -0.39 is 57.9 Å². The van der Waals surface area contributed by atoms with Crippen molar-refractivity contribution in [3.05, 3.63) is 160 Å². The van der Waals surface area contributed by atoms with Gasteiger partial charge in [0.25, 0.3) is 11.8 Å². The number of nitrogens with zero attached hydrogens (tertiary/aromatic N) is 3. The Balaban J connectivity index is 0.000000319. The molecule has 4 amide bonds. The summed E-state index contributed by atoms with van der Waals surface area (Å²) in [4.78, 5) is 82.4.